The van der Waals surface area contributed by atoms with Gasteiger partial charge in [-0.25, -0.2) is 0 Å². The summed E-state index contributed by atoms with van der Waals surface area (Å²) in [5.74, 6) is -1.28. The smallest absolute Gasteiger partial charge is 0.280 e. The molecule has 2 heterocycles. The summed E-state index contributed by atoms with van der Waals surface area (Å²) in [7, 11) is 0. The standard InChI is InChI=1S/C16H11Cl2N3O3/c17-11-4-3-9(8-12(11)18)20-13(22)5-7-21-15(23)10-2-1-6-19-14(10)16(21)24/h1-4,6,8H,5,7H2,(H,20,22). The highest BCUT2D eigenvalue weighted by Crippen LogP contribution is 2.25. The van der Waals surface area contributed by atoms with Gasteiger partial charge in [-0.2, -0.15) is 0 Å². The van der Waals surface area contributed by atoms with Crippen molar-refractivity contribution in [3.8, 4) is 0 Å². The Balaban J connectivity index is 1.62. The lowest BCUT2D eigenvalue weighted by Crippen LogP contribution is -2.33. The SMILES string of the molecule is O=C(CCN1C(=O)c2cccnc2C1=O)Nc1ccc(Cl)c(Cl)c1. The van der Waals surface area contributed by atoms with Crippen LogP contribution in [0.3, 0.4) is 0 Å². The van der Waals surface area contributed by atoms with Crippen molar-refractivity contribution in [3.63, 3.8) is 0 Å². The van der Waals surface area contributed by atoms with Crippen molar-refractivity contribution < 1.29 is 14.4 Å². The fourth-order valence-corrected chi connectivity index (χ4v) is 2.63. The molecule has 0 atom stereocenters. The quantitative estimate of drug-likeness (QED) is 0.846. The average Bonchev–Trinajstić information content (AvgIpc) is 2.81. The summed E-state index contributed by atoms with van der Waals surface area (Å²) >= 11 is 11.7. The van der Waals surface area contributed by atoms with Gasteiger partial charge in [0.2, 0.25) is 5.91 Å². The van der Waals surface area contributed by atoms with Crippen LogP contribution in [0.4, 0.5) is 5.69 Å². The number of rotatable bonds is 4. The van der Waals surface area contributed by atoms with Gasteiger partial charge in [-0.3, -0.25) is 24.3 Å². The van der Waals surface area contributed by atoms with E-state index in [1.807, 2.05) is 0 Å². The summed E-state index contributed by atoms with van der Waals surface area (Å²) in [4.78, 5) is 41.2. The van der Waals surface area contributed by atoms with E-state index in [1.165, 1.54) is 12.3 Å². The van der Waals surface area contributed by atoms with Gasteiger partial charge < -0.3 is 5.32 Å². The Morgan fingerprint density at radius 1 is 1.12 bits per heavy atom. The molecule has 2 aromatic rings. The number of hydrogen-bond acceptors (Lipinski definition) is 4. The predicted octanol–water partition coefficient (Wildman–Crippen LogP) is 3.01. The first-order chi connectivity index (χ1) is 11.5. The maximum atomic E-state index is 12.2. The molecule has 0 fully saturated rings. The molecule has 0 saturated carbocycles. The lowest BCUT2D eigenvalue weighted by Gasteiger charge is -2.13. The van der Waals surface area contributed by atoms with Crippen molar-refractivity contribution in [1.29, 1.82) is 0 Å². The highest BCUT2D eigenvalue weighted by molar-refractivity contribution is 6.42. The van der Waals surface area contributed by atoms with E-state index in [1.54, 1.807) is 24.3 Å². The third-order valence-electron chi connectivity index (χ3n) is 3.50. The second-order valence-electron chi connectivity index (χ2n) is 5.09. The third-order valence-corrected chi connectivity index (χ3v) is 4.24. The highest BCUT2D eigenvalue weighted by Gasteiger charge is 2.36. The summed E-state index contributed by atoms with van der Waals surface area (Å²) < 4.78 is 0. The van der Waals surface area contributed by atoms with Gasteiger partial charge in [0, 0.05) is 24.8 Å². The molecule has 1 aliphatic heterocycles. The summed E-state index contributed by atoms with van der Waals surface area (Å²) in [5.41, 5.74) is 0.859. The summed E-state index contributed by atoms with van der Waals surface area (Å²) in [6.07, 6.45) is 1.41. The Hall–Kier alpha value is -2.44. The van der Waals surface area contributed by atoms with E-state index in [-0.39, 0.29) is 30.1 Å². The Labute approximate surface area is 147 Å². The number of hydrogen-bond donors (Lipinski definition) is 1. The molecule has 3 amide bonds. The summed E-state index contributed by atoms with van der Waals surface area (Å²) in [5, 5.41) is 3.34. The van der Waals surface area contributed by atoms with Gasteiger partial charge in [-0.15, -0.1) is 0 Å². The van der Waals surface area contributed by atoms with E-state index in [0.29, 0.717) is 15.7 Å². The number of fused-ring (bicyclic) bond motifs is 1. The maximum absolute atomic E-state index is 12.2. The number of carbonyl (C=O) groups is 3. The van der Waals surface area contributed by atoms with Crippen LogP contribution >= 0.6 is 23.2 Å². The van der Waals surface area contributed by atoms with E-state index in [0.717, 1.165) is 4.90 Å². The van der Waals surface area contributed by atoms with Crippen molar-refractivity contribution in [3.05, 3.63) is 57.8 Å². The van der Waals surface area contributed by atoms with E-state index in [4.69, 9.17) is 23.2 Å². The highest BCUT2D eigenvalue weighted by atomic mass is 35.5. The molecule has 3 rings (SSSR count). The first kappa shape index (κ1) is 16.4. The molecule has 0 saturated heterocycles. The number of imide groups is 1. The van der Waals surface area contributed by atoms with Crippen LogP contribution in [0.2, 0.25) is 10.0 Å². The van der Waals surface area contributed by atoms with E-state index in [9.17, 15) is 14.4 Å². The maximum Gasteiger partial charge on any atom is 0.280 e. The molecule has 24 heavy (non-hydrogen) atoms. The molecule has 1 aliphatic rings. The van der Waals surface area contributed by atoms with Crippen LogP contribution in [0.5, 0.6) is 0 Å². The zero-order valence-electron chi connectivity index (χ0n) is 12.3. The fourth-order valence-electron chi connectivity index (χ4n) is 2.33. The Morgan fingerprint density at radius 2 is 1.92 bits per heavy atom. The van der Waals surface area contributed by atoms with Gasteiger partial charge in [0.1, 0.15) is 5.69 Å². The number of benzene rings is 1. The van der Waals surface area contributed by atoms with Crippen molar-refractivity contribution in [2.45, 2.75) is 6.42 Å². The molecule has 8 heteroatoms. The molecular formula is C16H11Cl2N3O3. The van der Waals surface area contributed by atoms with Crippen molar-refractivity contribution in [2.75, 3.05) is 11.9 Å². The average molecular weight is 364 g/mol. The van der Waals surface area contributed by atoms with Crippen LogP contribution in [0.15, 0.2) is 36.5 Å². The lowest BCUT2D eigenvalue weighted by molar-refractivity contribution is -0.116. The minimum Gasteiger partial charge on any atom is -0.326 e. The Kier molecular flexibility index (Phi) is 4.51. The molecule has 6 nitrogen and oxygen atoms in total. The van der Waals surface area contributed by atoms with Crippen molar-refractivity contribution in [2.24, 2.45) is 0 Å². The number of carbonyl (C=O) groups excluding carboxylic acids is 3. The molecule has 122 valence electrons. The predicted molar refractivity (Wildman–Crippen MR) is 89.3 cm³/mol. The van der Waals surface area contributed by atoms with Crippen molar-refractivity contribution >= 4 is 46.6 Å². The van der Waals surface area contributed by atoms with E-state index < -0.39 is 11.8 Å². The summed E-state index contributed by atoms with van der Waals surface area (Å²) in [6.45, 7) is -0.0266. The second-order valence-corrected chi connectivity index (χ2v) is 5.90. The molecule has 1 aromatic heterocycles. The molecule has 1 aromatic carbocycles. The number of amides is 3. The zero-order chi connectivity index (χ0) is 17.3. The first-order valence-electron chi connectivity index (χ1n) is 7.03. The molecule has 0 radical (unpaired) electrons. The minimum absolute atomic E-state index is 0.0266. The minimum atomic E-state index is -0.488. The molecular weight excluding hydrogens is 353 g/mol. The van der Waals surface area contributed by atoms with Crippen molar-refractivity contribution in [1.82, 2.24) is 9.88 Å². The van der Waals surface area contributed by atoms with Gasteiger partial charge in [-0.05, 0) is 30.3 Å². The monoisotopic (exact) mass is 363 g/mol. The third kappa shape index (κ3) is 3.11. The number of aromatic nitrogens is 1. The largest absolute Gasteiger partial charge is 0.326 e. The van der Waals surface area contributed by atoms with Crippen LogP contribution in [0.1, 0.15) is 27.3 Å². The lowest BCUT2D eigenvalue weighted by atomic mass is 10.2. The second kappa shape index (κ2) is 6.59. The number of anilines is 1. The topological polar surface area (TPSA) is 79.4 Å². The van der Waals surface area contributed by atoms with Crippen LogP contribution in [0, 0.1) is 0 Å². The number of nitrogens with zero attached hydrogens (tertiary/aromatic N) is 2. The van der Waals surface area contributed by atoms with E-state index in [2.05, 4.69) is 10.3 Å². The number of halogens is 2. The molecule has 0 spiro atoms. The van der Waals surface area contributed by atoms with Gasteiger partial charge in [0.15, 0.2) is 0 Å². The Morgan fingerprint density at radius 3 is 2.62 bits per heavy atom. The van der Waals surface area contributed by atoms with Gasteiger partial charge in [0.05, 0.1) is 15.6 Å². The van der Waals surface area contributed by atoms with Crippen LogP contribution in [0.25, 0.3) is 0 Å². The zero-order valence-corrected chi connectivity index (χ0v) is 13.8. The van der Waals surface area contributed by atoms with Crippen LogP contribution in [-0.2, 0) is 4.79 Å². The first-order valence-corrected chi connectivity index (χ1v) is 7.79. The number of pyridine rings is 1. The molecule has 0 unspecified atom stereocenters. The van der Waals surface area contributed by atoms with Gasteiger partial charge in [-0.1, -0.05) is 23.2 Å². The van der Waals surface area contributed by atoms with Crippen LogP contribution < -0.4 is 5.32 Å². The van der Waals surface area contributed by atoms with Gasteiger partial charge >= 0.3 is 0 Å². The normalized spacial score (nSPS) is 13.2. The number of nitrogens with one attached hydrogen (secondary N) is 1. The van der Waals surface area contributed by atoms with Crippen LogP contribution in [-0.4, -0.2) is 34.2 Å². The van der Waals surface area contributed by atoms with Gasteiger partial charge in [0.25, 0.3) is 11.8 Å². The molecule has 0 aliphatic carbocycles. The molecule has 1 N–H and O–H groups in total. The fraction of sp³-hybridized carbons (Fsp3) is 0.125. The molecule has 0 bridgehead atoms. The summed E-state index contributed by atoms with van der Waals surface area (Å²) in [6, 6.07) is 7.82. The van der Waals surface area contributed by atoms with E-state index >= 15 is 0 Å². The Bertz CT molecular complexity index is 819.